The van der Waals surface area contributed by atoms with Crippen molar-refractivity contribution in [3.63, 3.8) is 0 Å². The quantitative estimate of drug-likeness (QED) is 0.771. The summed E-state index contributed by atoms with van der Waals surface area (Å²) >= 11 is 0. The summed E-state index contributed by atoms with van der Waals surface area (Å²) in [5.74, 6) is -0.0139. The van der Waals surface area contributed by atoms with Crippen molar-refractivity contribution in [3.8, 4) is 0 Å². The van der Waals surface area contributed by atoms with Crippen LogP contribution in [0.25, 0.3) is 0 Å². The number of hydrogen-bond donors (Lipinski definition) is 2. The van der Waals surface area contributed by atoms with E-state index in [-0.39, 0.29) is 12.5 Å². The number of nitrogens with one attached hydrogen (secondary N) is 1. The first kappa shape index (κ1) is 11.9. The Morgan fingerprint density at radius 3 is 2.94 bits per heavy atom. The topological polar surface area (TPSA) is 58.4 Å². The first-order valence-corrected chi connectivity index (χ1v) is 5.99. The van der Waals surface area contributed by atoms with Crippen molar-refractivity contribution in [2.45, 2.75) is 20.3 Å². The van der Waals surface area contributed by atoms with E-state index in [1.807, 2.05) is 13.0 Å². The van der Waals surface area contributed by atoms with Gasteiger partial charge in [-0.25, -0.2) is 0 Å². The van der Waals surface area contributed by atoms with Gasteiger partial charge in [-0.3, -0.25) is 4.79 Å². The summed E-state index contributed by atoms with van der Waals surface area (Å²) in [5, 5.41) is 3.39. The number of anilines is 2. The van der Waals surface area contributed by atoms with Gasteiger partial charge < -0.3 is 16.0 Å². The van der Waals surface area contributed by atoms with Crippen molar-refractivity contribution in [2.24, 2.45) is 5.73 Å². The van der Waals surface area contributed by atoms with E-state index in [9.17, 15) is 4.79 Å². The van der Waals surface area contributed by atoms with E-state index in [0.717, 1.165) is 30.9 Å². The molecule has 0 fully saturated rings. The van der Waals surface area contributed by atoms with Gasteiger partial charge in [0.25, 0.3) is 0 Å². The molecule has 92 valence electrons. The number of amides is 1. The average Bonchev–Trinajstić information content (AvgIpc) is 2.50. The summed E-state index contributed by atoms with van der Waals surface area (Å²) in [6.45, 7) is 5.80. The van der Waals surface area contributed by atoms with Crippen molar-refractivity contribution >= 4 is 17.3 Å². The van der Waals surface area contributed by atoms with Gasteiger partial charge in [0.1, 0.15) is 0 Å². The van der Waals surface area contributed by atoms with Gasteiger partial charge in [-0.15, -0.1) is 0 Å². The monoisotopic (exact) mass is 233 g/mol. The number of hydrogen-bond acceptors (Lipinski definition) is 3. The third-order valence-corrected chi connectivity index (χ3v) is 3.09. The molecular formula is C13H19N3O. The van der Waals surface area contributed by atoms with Crippen LogP contribution in [0.5, 0.6) is 0 Å². The van der Waals surface area contributed by atoms with Crippen LogP contribution in [-0.4, -0.2) is 25.5 Å². The Balaban J connectivity index is 2.51. The van der Waals surface area contributed by atoms with Gasteiger partial charge in [-0.1, -0.05) is 6.07 Å². The number of carbonyl (C=O) groups is 1. The van der Waals surface area contributed by atoms with Gasteiger partial charge in [0, 0.05) is 13.1 Å². The predicted octanol–water partition coefficient (Wildman–Crippen LogP) is 1.41. The van der Waals surface area contributed by atoms with Crippen molar-refractivity contribution in [1.82, 2.24) is 0 Å². The van der Waals surface area contributed by atoms with Gasteiger partial charge >= 0.3 is 0 Å². The van der Waals surface area contributed by atoms with Crippen LogP contribution in [0.15, 0.2) is 12.1 Å². The molecule has 0 atom stereocenters. The molecule has 4 nitrogen and oxygen atoms in total. The Labute approximate surface area is 102 Å². The lowest BCUT2D eigenvalue weighted by molar-refractivity contribution is -0.117. The first-order chi connectivity index (χ1) is 8.13. The molecule has 0 saturated heterocycles. The molecule has 3 N–H and O–H groups in total. The van der Waals surface area contributed by atoms with E-state index in [0.29, 0.717) is 0 Å². The number of nitrogens with zero attached hydrogens (tertiary/aromatic N) is 1. The van der Waals surface area contributed by atoms with E-state index in [4.69, 9.17) is 5.73 Å². The van der Waals surface area contributed by atoms with Crippen LogP contribution in [0.1, 0.15) is 17.5 Å². The van der Waals surface area contributed by atoms with Crippen molar-refractivity contribution < 1.29 is 4.79 Å². The second-order valence-electron chi connectivity index (χ2n) is 4.51. The lowest BCUT2D eigenvalue weighted by Gasteiger charge is -2.23. The molecule has 1 amide bonds. The standard InChI is InChI=1S/C13H19N3O/c1-9-6-10(2)13-11(7-9)16(12(17)8-14)5-3-4-15-13/h6-7,15H,3-5,8,14H2,1-2H3. The molecule has 17 heavy (non-hydrogen) atoms. The highest BCUT2D eigenvalue weighted by Gasteiger charge is 2.21. The summed E-state index contributed by atoms with van der Waals surface area (Å²) in [4.78, 5) is 13.7. The maximum Gasteiger partial charge on any atom is 0.240 e. The highest BCUT2D eigenvalue weighted by molar-refractivity contribution is 5.98. The molecule has 1 heterocycles. The van der Waals surface area contributed by atoms with E-state index >= 15 is 0 Å². The summed E-state index contributed by atoms with van der Waals surface area (Å²) in [7, 11) is 0. The molecule has 1 aromatic rings. The fraction of sp³-hybridized carbons (Fsp3) is 0.462. The molecule has 0 radical (unpaired) electrons. The van der Waals surface area contributed by atoms with Crippen molar-refractivity contribution in [3.05, 3.63) is 23.3 Å². The molecule has 0 aromatic heterocycles. The fourth-order valence-electron chi connectivity index (χ4n) is 2.33. The molecule has 0 bridgehead atoms. The molecule has 2 rings (SSSR count). The third kappa shape index (κ3) is 2.26. The molecular weight excluding hydrogens is 214 g/mol. The second-order valence-corrected chi connectivity index (χ2v) is 4.51. The average molecular weight is 233 g/mol. The number of carbonyl (C=O) groups excluding carboxylic acids is 1. The largest absolute Gasteiger partial charge is 0.383 e. The minimum absolute atomic E-state index is 0.0139. The predicted molar refractivity (Wildman–Crippen MR) is 70.4 cm³/mol. The maximum absolute atomic E-state index is 11.9. The Morgan fingerprint density at radius 2 is 2.24 bits per heavy atom. The Hall–Kier alpha value is -1.55. The summed E-state index contributed by atoms with van der Waals surface area (Å²) in [5.41, 5.74) is 9.85. The Morgan fingerprint density at radius 1 is 1.47 bits per heavy atom. The van der Waals surface area contributed by atoms with Gasteiger partial charge in [0.05, 0.1) is 17.9 Å². The number of nitrogens with two attached hydrogens (primary N) is 1. The number of rotatable bonds is 1. The number of fused-ring (bicyclic) bond motifs is 1. The van der Waals surface area contributed by atoms with Crippen molar-refractivity contribution in [2.75, 3.05) is 29.9 Å². The van der Waals surface area contributed by atoms with Crippen LogP contribution in [0.2, 0.25) is 0 Å². The number of aryl methyl sites for hydroxylation is 2. The maximum atomic E-state index is 11.9. The molecule has 1 aliphatic heterocycles. The SMILES string of the molecule is Cc1cc(C)c2c(c1)N(C(=O)CN)CCCN2. The molecule has 1 aliphatic rings. The van der Waals surface area contributed by atoms with Crippen LogP contribution >= 0.6 is 0 Å². The van der Waals surface area contributed by atoms with Gasteiger partial charge in [-0.2, -0.15) is 0 Å². The highest BCUT2D eigenvalue weighted by Crippen LogP contribution is 2.32. The lowest BCUT2D eigenvalue weighted by Crippen LogP contribution is -2.36. The molecule has 0 saturated carbocycles. The van der Waals surface area contributed by atoms with Crippen molar-refractivity contribution in [1.29, 1.82) is 0 Å². The minimum Gasteiger partial charge on any atom is -0.383 e. The van der Waals surface area contributed by atoms with Crippen LogP contribution in [-0.2, 0) is 4.79 Å². The molecule has 0 spiro atoms. The molecule has 4 heteroatoms. The highest BCUT2D eigenvalue weighted by atomic mass is 16.2. The summed E-state index contributed by atoms with van der Waals surface area (Å²) in [6.07, 6.45) is 0.943. The third-order valence-electron chi connectivity index (χ3n) is 3.09. The minimum atomic E-state index is -0.0139. The molecule has 0 aliphatic carbocycles. The Bertz CT molecular complexity index is 443. The van der Waals surface area contributed by atoms with Gasteiger partial charge in [-0.05, 0) is 37.5 Å². The normalized spacial score (nSPS) is 14.9. The second kappa shape index (κ2) is 4.75. The smallest absolute Gasteiger partial charge is 0.240 e. The molecule has 0 unspecified atom stereocenters. The van der Waals surface area contributed by atoms with E-state index < -0.39 is 0 Å². The van der Waals surface area contributed by atoms with Crippen LogP contribution < -0.4 is 16.0 Å². The van der Waals surface area contributed by atoms with E-state index in [2.05, 4.69) is 18.3 Å². The first-order valence-electron chi connectivity index (χ1n) is 5.99. The number of benzene rings is 1. The van der Waals surface area contributed by atoms with Crippen LogP contribution in [0, 0.1) is 13.8 Å². The van der Waals surface area contributed by atoms with Crippen LogP contribution in [0.3, 0.4) is 0 Å². The van der Waals surface area contributed by atoms with Crippen LogP contribution in [0.4, 0.5) is 11.4 Å². The zero-order valence-corrected chi connectivity index (χ0v) is 10.4. The lowest BCUT2D eigenvalue weighted by atomic mass is 10.1. The zero-order valence-electron chi connectivity index (χ0n) is 10.4. The van der Waals surface area contributed by atoms with E-state index in [1.165, 1.54) is 11.1 Å². The molecule has 1 aromatic carbocycles. The fourth-order valence-corrected chi connectivity index (χ4v) is 2.33. The van der Waals surface area contributed by atoms with E-state index in [1.54, 1.807) is 4.90 Å². The zero-order chi connectivity index (χ0) is 12.4. The van der Waals surface area contributed by atoms with Gasteiger partial charge in [0.15, 0.2) is 0 Å². The summed E-state index contributed by atoms with van der Waals surface area (Å²) in [6, 6.07) is 4.18. The summed E-state index contributed by atoms with van der Waals surface area (Å²) < 4.78 is 0. The Kier molecular flexibility index (Phi) is 3.33. The van der Waals surface area contributed by atoms with Gasteiger partial charge in [0.2, 0.25) is 5.91 Å².